The smallest absolute Gasteiger partial charge is 0.244 e. The second kappa shape index (κ2) is 12.6. The minimum Gasteiger partial charge on any atom is -0.494 e. The summed E-state index contributed by atoms with van der Waals surface area (Å²) in [6.45, 7) is 10.2. The van der Waals surface area contributed by atoms with E-state index < -0.39 is 28.5 Å². The van der Waals surface area contributed by atoms with Gasteiger partial charge in [0.25, 0.3) is 0 Å². The van der Waals surface area contributed by atoms with Crippen LogP contribution in [0.2, 0.25) is 0 Å². The van der Waals surface area contributed by atoms with Crippen molar-refractivity contribution < 1.29 is 22.7 Å². The van der Waals surface area contributed by atoms with Crippen molar-refractivity contribution in [3.05, 3.63) is 59.7 Å². The van der Waals surface area contributed by atoms with Crippen LogP contribution in [0.1, 0.15) is 38.8 Å². The fraction of sp³-hybridized carbons (Fsp3) is 0.462. The lowest BCUT2D eigenvalue weighted by molar-refractivity contribution is -0.139. The van der Waals surface area contributed by atoms with Crippen LogP contribution in [0, 0.1) is 12.8 Å². The number of hydrogen-bond acceptors (Lipinski definition) is 5. The third-order valence-electron chi connectivity index (χ3n) is 5.40. The average molecular weight is 504 g/mol. The molecule has 0 heterocycles. The Morgan fingerprint density at radius 2 is 1.71 bits per heavy atom. The van der Waals surface area contributed by atoms with Gasteiger partial charge in [-0.15, -0.1) is 0 Å². The number of carbonyl (C=O) groups is 2. The first-order valence-corrected chi connectivity index (χ1v) is 13.6. The molecule has 0 aliphatic heterocycles. The number of ether oxygens (including phenoxy) is 1. The van der Waals surface area contributed by atoms with Crippen LogP contribution in [-0.4, -0.2) is 57.1 Å². The van der Waals surface area contributed by atoms with E-state index in [0.29, 0.717) is 24.6 Å². The molecule has 8 nitrogen and oxygen atoms in total. The van der Waals surface area contributed by atoms with Gasteiger partial charge < -0.3 is 15.0 Å². The van der Waals surface area contributed by atoms with E-state index in [9.17, 15) is 18.0 Å². The van der Waals surface area contributed by atoms with Crippen LogP contribution in [0.4, 0.5) is 5.69 Å². The van der Waals surface area contributed by atoms with Crippen LogP contribution in [0.15, 0.2) is 48.5 Å². The number of benzene rings is 2. The molecule has 2 aromatic rings. The number of nitrogens with one attached hydrogen (secondary N) is 1. The molecule has 0 bridgehead atoms. The average Bonchev–Trinajstić information content (AvgIpc) is 2.79. The lowest BCUT2D eigenvalue weighted by atomic mass is 10.1. The van der Waals surface area contributed by atoms with Gasteiger partial charge in [-0.1, -0.05) is 43.7 Å². The summed E-state index contributed by atoms with van der Waals surface area (Å²) in [4.78, 5) is 27.8. The van der Waals surface area contributed by atoms with Gasteiger partial charge in [0.1, 0.15) is 18.3 Å². The molecule has 9 heteroatoms. The minimum absolute atomic E-state index is 0.178. The standard InChI is InChI=1S/C26H37N3O5S/c1-7-34-24-13-11-23(12-14-24)29(35(6,32)33)18-25(30)28(17-22-10-8-9-20(4)15-22)21(5)26(31)27-16-19(2)3/h8-15,19,21H,7,16-18H2,1-6H3,(H,27,31)/t21-/m1/s1. The van der Waals surface area contributed by atoms with E-state index >= 15 is 0 Å². The molecule has 35 heavy (non-hydrogen) atoms. The van der Waals surface area contributed by atoms with Gasteiger partial charge >= 0.3 is 0 Å². The molecule has 1 atom stereocenters. The molecule has 0 saturated carbocycles. The van der Waals surface area contributed by atoms with Gasteiger partial charge in [0.05, 0.1) is 18.6 Å². The third kappa shape index (κ3) is 8.58. The Morgan fingerprint density at radius 3 is 2.26 bits per heavy atom. The summed E-state index contributed by atoms with van der Waals surface area (Å²) >= 11 is 0. The van der Waals surface area contributed by atoms with Crippen molar-refractivity contribution in [3.63, 3.8) is 0 Å². The number of amides is 2. The molecule has 2 amide bonds. The highest BCUT2D eigenvalue weighted by Crippen LogP contribution is 2.22. The van der Waals surface area contributed by atoms with Crippen LogP contribution < -0.4 is 14.4 Å². The number of aryl methyl sites for hydroxylation is 1. The fourth-order valence-electron chi connectivity index (χ4n) is 3.53. The summed E-state index contributed by atoms with van der Waals surface area (Å²) in [6, 6.07) is 13.4. The van der Waals surface area contributed by atoms with Gasteiger partial charge in [-0.05, 0) is 56.5 Å². The topological polar surface area (TPSA) is 96.0 Å². The Kier molecular flexibility index (Phi) is 10.1. The van der Waals surface area contributed by atoms with Crippen molar-refractivity contribution in [2.75, 3.05) is 30.3 Å². The second-order valence-corrected chi connectivity index (χ2v) is 10.9. The summed E-state index contributed by atoms with van der Waals surface area (Å²) in [5, 5.41) is 2.87. The van der Waals surface area contributed by atoms with E-state index in [2.05, 4.69) is 5.32 Å². The van der Waals surface area contributed by atoms with Crippen molar-refractivity contribution in [2.45, 2.75) is 47.2 Å². The zero-order valence-corrected chi connectivity index (χ0v) is 22.3. The SMILES string of the molecule is CCOc1ccc(N(CC(=O)N(Cc2cccc(C)c2)[C@H](C)C(=O)NCC(C)C)S(C)(=O)=O)cc1. The van der Waals surface area contributed by atoms with E-state index in [4.69, 9.17) is 4.74 Å². The number of rotatable bonds is 12. The van der Waals surface area contributed by atoms with Crippen LogP contribution in [0.5, 0.6) is 5.75 Å². The Bertz CT molecular complexity index is 1100. The molecule has 0 aliphatic carbocycles. The maximum atomic E-state index is 13.5. The predicted molar refractivity (Wildman–Crippen MR) is 139 cm³/mol. The molecule has 1 N–H and O–H groups in total. The summed E-state index contributed by atoms with van der Waals surface area (Å²) in [5.74, 6) is 0.102. The van der Waals surface area contributed by atoms with Gasteiger partial charge in [-0.25, -0.2) is 8.42 Å². The molecule has 0 spiro atoms. The van der Waals surface area contributed by atoms with E-state index in [-0.39, 0.29) is 18.4 Å². The summed E-state index contributed by atoms with van der Waals surface area (Å²) < 4.78 is 31.7. The maximum absolute atomic E-state index is 13.5. The zero-order valence-electron chi connectivity index (χ0n) is 21.4. The highest BCUT2D eigenvalue weighted by Gasteiger charge is 2.30. The van der Waals surface area contributed by atoms with Gasteiger partial charge in [-0.2, -0.15) is 0 Å². The van der Waals surface area contributed by atoms with E-state index in [1.807, 2.05) is 52.0 Å². The summed E-state index contributed by atoms with van der Waals surface area (Å²) in [6.07, 6.45) is 1.06. The normalized spacial score (nSPS) is 12.2. The van der Waals surface area contributed by atoms with Crippen molar-refractivity contribution in [3.8, 4) is 5.75 Å². The fourth-order valence-corrected chi connectivity index (χ4v) is 4.38. The lowest BCUT2D eigenvalue weighted by Crippen LogP contribution is -2.51. The molecule has 2 aromatic carbocycles. The van der Waals surface area contributed by atoms with Gasteiger partial charge in [0.2, 0.25) is 21.8 Å². The minimum atomic E-state index is -3.77. The Balaban J connectivity index is 2.35. The van der Waals surface area contributed by atoms with Gasteiger partial charge in [0, 0.05) is 13.1 Å². The summed E-state index contributed by atoms with van der Waals surface area (Å²) in [7, 11) is -3.77. The Labute approximate surface area is 209 Å². The van der Waals surface area contributed by atoms with Crippen LogP contribution in [-0.2, 0) is 26.2 Å². The number of nitrogens with zero attached hydrogens (tertiary/aromatic N) is 2. The molecule has 0 aromatic heterocycles. The molecule has 0 fully saturated rings. The molecular weight excluding hydrogens is 466 g/mol. The molecule has 2 rings (SSSR count). The molecule has 0 aliphatic rings. The number of hydrogen-bond donors (Lipinski definition) is 1. The van der Waals surface area contributed by atoms with Crippen molar-refractivity contribution in [1.82, 2.24) is 10.2 Å². The lowest BCUT2D eigenvalue weighted by Gasteiger charge is -2.31. The van der Waals surface area contributed by atoms with Crippen LogP contribution in [0.3, 0.4) is 0 Å². The monoisotopic (exact) mass is 503 g/mol. The quantitative estimate of drug-likeness (QED) is 0.479. The van der Waals surface area contributed by atoms with E-state index in [1.165, 1.54) is 4.90 Å². The number of carbonyl (C=O) groups excluding carboxylic acids is 2. The van der Waals surface area contributed by atoms with Gasteiger partial charge in [0.15, 0.2) is 0 Å². The van der Waals surface area contributed by atoms with Crippen molar-refractivity contribution >= 4 is 27.5 Å². The molecule has 0 radical (unpaired) electrons. The Hall–Kier alpha value is -3.07. The van der Waals surface area contributed by atoms with Crippen molar-refractivity contribution in [2.24, 2.45) is 5.92 Å². The number of sulfonamides is 1. The largest absolute Gasteiger partial charge is 0.494 e. The molecular formula is C26H37N3O5S. The Morgan fingerprint density at radius 1 is 1.06 bits per heavy atom. The van der Waals surface area contributed by atoms with Gasteiger partial charge in [-0.3, -0.25) is 13.9 Å². The molecule has 192 valence electrons. The maximum Gasteiger partial charge on any atom is 0.244 e. The molecule has 0 saturated heterocycles. The summed E-state index contributed by atoms with van der Waals surface area (Å²) in [5.41, 5.74) is 2.23. The zero-order chi connectivity index (χ0) is 26.2. The first-order valence-electron chi connectivity index (χ1n) is 11.8. The first-order chi connectivity index (χ1) is 16.4. The third-order valence-corrected chi connectivity index (χ3v) is 6.54. The van der Waals surface area contributed by atoms with E-state index in [1.54, 1.807) is 31.2 Å². The molecule has 0 unspecified atom stereocenters. The van der Waals surface area contributed by atoms with Crippen LogP contribution >= 0.6 is 0 Å². The predicted octanol–water partition coefficient (Wildman–Crippen LogP) is 3.35. The highest BCUT2D eigenvalue weighted by atomic mass is 32.2. The number of anilines is 1. The van der Waals surface area contributed by atoms with Crippen LogP contribution in [0.25, 0.3) is 0 Å². The highest BCUT2D eigenvalue weighted by molar-refractivity contribution is 7.92. The first kappa shape index (κ1) is 28.2. The van der Waals surface area contributed by atoms with E-state index in [0.717, 1.165) is 21.7 Å². The second-order valence-electron chi connectivity index (χ2n) is 9.02. The van der Waals surface area contributed by atoms with Crippen molar-refractivity contribution in [1.29, 1.82) is 0 Å².